The Morgan fingerprint density at radius 3 is 1.56 bits per heavy atom. The van der Waals surface area contributed by atoms with Gasteiger partial charge in [0.1, 0.15) is 33.4 Å². The Morgan fingerprint density at radius 1 is 0.794 bits per heavy atom. The van der Waals surface area contributed by atoms with Crippen LogP contribution in [-0.2, 0) is 14.2 Å². The van der Waals surface area contributed by atoms with Gasteiger partial charge in [0.05, 0.1) is 10.5 Å². The molecule has 3 N–H and O–H groups in total. The first kappa shape index (κ1) is 26.6. The number of benzene rings is 1. The average Bonchev–Trinajstić information content (AvgIpc) is 2.94. The molecule has 2 aromatic rings. The molecule has 1 aromatic heterocycles. The Bertz CT molecular complexity index is 1180. The molecule has 0 aliphatic heterocycles. The number of nitro benzene ring substituents is 1. The SMILES string of the molecule is CC(C)(C)OC(=O)c1c(C(=O)OC(C)(C)C)c([N+](=O)[O-])c2[nH]c(N)nc2c1C(=O)OC(C)(C)C. The molecule has 0 bridgehead atoms. The lowest BCUT2D eigenvalue weighted by Crippen LogP contribution is -2.31. The number of esters is 3. The van der Waals surface area contributed by atoms with E-state index in [1.165, 1.54) is 0 Å². The van der Waals surface area contributed by atoms with Gasteiger partial charge in [-0.3, -0.25) is 10.1 Å². The summed E-state index contributed by atoms with van der Waals surface area (Å²) in [7, 11) is 0. The number of nitrogens with two attached hydrogens (primary N) is 1. The summed E-state index contributed by atoms with van der Waals surface area (Å²) >= 11 is 0. The van der Waals surface area contributed by atoms with Crippen LogP contribution in [0.5, 0.6) is 0 Å². The Kier molecular flexibility index (Phi) is 6.70. The van der Waals surface area contributed by atoms with Crippen LogP contribution in [0.15, 0.2) is 0 Å². The van der Waals surface area contributed by atoms with Crippen molar-refractivity contribution in [3.63, 3.8) is 0 Å². The van der Waals surface area contributed by atoms with Crippen molar-refractivity contribution in [3.8, 4) is 0 Å². The van der Waals surface area contributed by atoms with E-state index in [2.05, 4.69) is 9.97 Å². The molecule has 0 saturated carbocycles. The van der Waals surface area contributed by atoms with Crippen LogP contribution in [0.1, 0.15) is 93.4 Å². The number of carbonyl (C=O) groups excluding carboxylic acids is 3. The Labute approximate surface area is 196 Å². The molecule has 12 nitrogen and oxygen atoms in total. The Hall–Kier alpha value is -3.70. The van der Waals surface area contributed by atoms with Crippen molar-refractivity contribution < 1.29 is 33.5 Å². The summed E-state index contributed by atoms with van der Waals surface area (Å²) in [6.07, 6.45) is 0. The average molecular weight is 479 g/mol. The van der Waals surface area contributed by atoms with Crippen molar-refractivity contribution in [1.29, 1.82) is 0 Å². The highest BCUT2D eigenvalue weighted by Gasteiger charge is 2.42. The lowest BCUT2D eigenvalue weighted by molar-refractivity contribution is -0.383. The van der Waals surface area contributed by atoms with E-state index >= 15 is 0 Å². The normalized spacial score (nSPS) is 12.4. The number of ether oxygens (including phenoxy) is 3. The highest BCUT2D eigenvalue weighted by molar-refractivity contribution is 6.20. The van der Waals surface area contributed by atoms with Crippen molar-refractivity contribution in [1.82, 2.24) is 9.97 Å². The minimum Gasteiger partial charge on any atom is -0.456 e. The van der Waals surface area contributed by atoms with E-state index in [1.54, 1.807) is 62.3 Å². The predicted octanol–water partition coefficient (Wildman–Crippen LogP) is 3.92. The summed E-state index contributed by atoms with van der Waals surface area (Å²) in [5, 5.41) is 12.1. The first-order chi connectivity index (χ1) is 15.2. The molecule has 0 spiro atoms. The molecule has 0 atom stereocenters. The van der Waals surface area contributed by atoms with Gasteiger partial charge in [0.15, 0.2) is 11.5 Å². The third kappa shape index (κ3) is 6.00. The van der Waals surface area contributed by atoms with Crippen molar-refractivity contribution in [2.45, 2.75) is 79.1 Å². The van der Waals surface area contributed by atoms with Gasteiger partial charge in [-0.2, -0.15) is 0 Å². The van der Waals surface area contributed by atoms with Gasteiger partial charge in [-0.1, -0.05) is 0 Å². The van der Waals surface area contributed by atoms with E-state index < -0.39 is 62.0 Å². The number of nitro groups is 1. The van der Waals surface area contributed by atoms with Crippen LogP contribution in [0.25, 0.3) is 11.0 Å². The quantitative estimate of drug-likeness (QED) is 0.283. The lowest BCUT2D eigenvalue weighted by atomic mass is 9.96. The summed E-state index contributed by atoms with van der Waals surface area (Å²) in [6.45, 7) is 14.1. The van der Waals surface area contributed by atoms with Crippen LogP contribution >= 0.6 is 0 Å². The fourth-order valence-electron chi connectivity index (χ4n) is 3.00. The standard InChI is InChI=1S/C22H30N4O8/c1-20(2,3)32-16(27)10-11(17(28)33-21(4,5)6)13-14(25-19(23)24-13)15(26(30)31)12(10)18(29)34-22(7,8)9/h1-9H3,(H3,23,24,25). The van der Waals surface area contributed by atoms with Crippen LogP contribution in [0.3, 0.4) is 0 Å². The third-order valence-electron chi connectivity index (χ3n) is 3.92. The van der Waals surface area contributed by atoms with E-state index in [0.29, 0.717) is 0 Å². The molecule has 2 rings (SSSR count). The molecular formula is C22H30N4O8. The molecule has 0 aliphatic carbocycles. The second-order valence-corrected chi connectivity index (χ2v) is 10.6. The molecule has 0 unspecified atom stereocenters. The van der Waals surface area contributed by atoms with E-state index in [0.717, 1.165) is 0 Å². The minimum atomic E-state index is -1.21. The summed E-state index contributed by atoms with van der Waals surface area (Å²) in [4.78, 5) is 57.6. The van der Waals surface area contributed by atoms with E-state index in [-0.39, 0.29) is 17.0 Å². The van der Waals surface area contributed by atoms with Crippen LogP contribution in [0.4, 0.5) is 11.6 Å². The number of anilines is 1. The van der Waals surface area contributed by atoms with Crippen LogP contribution in [0.2, 0.25) is 0 Å². The topological polar surface area (TPSA) is 177 Å². The van der Waals surface area contributed by atoms with Crippen molar-refractivity contribution in [3.05, 3.63) is 26.8 Å². The van der Waals surface area contributed by atoms with Gasteiger partial charge in [0.2, 0.25) is 0 Å². The van der Waals surface area contributed by atoms with E-state index in [4.69, 9.17) is 19.9 Å². The molecule has 0 fully saturated rings. The number of nitrogens with zero attached hydrogens (tertiary/aromatic N) is 2. The highest BCUT2D eigenvalue weighted by Crippen LogP contribution is 2.38. The third-order valence-corrected chi connectivity index (χ3v) is 3.92. The maximum atomic E-state index is 13.3. The molecule has 12 heteroatoms. The van der Waals surface area contributed by atoms with Gasteiger partial charge in [-0.05, 0) is 62.3 Å². The second-order valence-electron chi connectivity index (χ2n) is 10.6. The molecule has 0 radical (unpaired) electrons. The summed E-state index contributed by atoms with van der Waals surface area (Å²) in [5.41, 5.74) is -0.864. The van der Waals surface area contributed by atoms with Crippen molar-refractivity contribution >= 4 is 40.6 Å². The molecule has 0 saturated heterocycles. The van der Waals surface area contributed by atoms with Crippen molar-refractivity contribution in [2.75, 3.05) is 5.73 Å². The van der Waals surface area contributed by atoms with Gasteiger partial charge < -0.3 is 24.9 Å². The molecule has 34 heavy (non-hydrogen) atoms. The number of aromatic amines is 1. The highest BCUT2D eigenvalue weighted by atomic mass is 16.6. The number of rotatable bonds is 4. The lowest BCUT2D eigenvalue weighted by Gasteiger charge is -2.25. The number of carbonyl (C=O) groups is 3. The first-order valence-corrected chi connectivity index (χ1v) is 10.4. The predicted molar refractivity (Wildman–Crippen MR) is 123 cm³/mol. The molecule has 1 heterocycles. The number of aromatic nitrogens is 2. The zero-order valence-corrected chi connectivity index (χ0v) is 20.7. The van der Waals surface area contributed by atoms with E-state index in [9.17, 15) is 24.5 Å². The van der Waals surface area contributed by atoms with Gasteiger partial charge in [-0.25, -0.2) is 19.4 Å². The van der Waals surface area contributed by atoms with Crippen LogP contribution in [0, 0.1) is 10.1 Å². The summed E-state index contributed by atoms with van der Waals surface area (Å²) in [6, 6.07) is 0. The van der Waals surface area contributed by atoms with Gasteiger partial charge in [0, 0.05) is 0 Å². The number of hydrogen-bond acceptors (Lipinski definition) is 10. The number of nitrogens with one attached hydrogen (secondary N) is 1. The minimum absolute atomic E-state index is 0.278. The molecule has 0 amide bonds. The fourth-order valence-corrected chi connectivity index (χ4v) is 3.00. The fraction of sp³-hybridized carbons (Fsp3) is 0.545. The molecular weight excluding hydrogens is 448 g/mol. The molecule has 0 aliphatic rings. The Morgan fingerprint density at radius 2 is 1.18 bits per heavy atom. The monoisotopic (exact) mass is 478 g/mol. The summed E-state index contributed by atoms with van der Waals surface area (Å²) < 4.78 is 16.2. The zero-order valence-electron chi connectivity index (χ0n) is 20.7. The van der Waals surface area contributed by atoms with Crippen molar-refractivity contribution in [2.24, 2.45) is 0 Å². The van der Waals surface area contributed by atoms with E-state index in [1.807, 2.05) is 0 Å². The molecule has 1 aromatic carbocycles. The maximum absolute atomic E-state index is 13.3. The number of hydrogen-bond donors (Lipinski definition) is 2. The first-order valence-electron chi connectivity index (χ1n) is 10.4. The number of H-pyrrole nitrogens is 1. The Balaban J connectivity index is 3.11. The number of imidazole rings is 1. The zero-order chi connectivity index (χ0) is 26.4. The number of fused-ring (bicyclic) bond motifs is 1. The van der Waals surface area contributed by atoms with Gasteiger partial charge >= 0.3 is 23.6 Å². The number of nitrogen functional groups attached to an aromatic ring is 1. The van der Waals surface area contributed by atoms with Crippen LogP contribution < -0.4 is 5.73 Å². The van der Waals surface area contributed by atoms with Crippen LogP contribution in [-0.4, -0.2) is 49.6 Å². The largest absolute Gasteiger partial charge is 0.456 e. The maximum Gasteiger partial charge on any atom is 0.346 e. The molecule has 186 valence electrons. The van der Waals surface area contributed by atoms with Gasteiger partial charge in [-0.15, -0.1) is 0 Å². The van der Waals surface area contributed by atoms with Gasteiger partial charge in [0.25, 0.3) is 0 Å². The second kappa shape index (κ2) is 8.58. The smallest absolute Gasteiger partial charge is 0.346 e. The summed E-state index contributed by atoms with van der Waals surface area (Å²) in [5.74, 6) is -3.70.